The molecule has 106 valence electrons. The lowest BCUT2D eigenvalue weighted by molar-refractivity contribution is -0.136. The molecular formula is C17H22N2O. The van der Waals surface area contributed by atoms with Gasteiger partial charge in [-0.05, 0) is 46.2 Å². The lowest BCUT2D eigenvalue weighted by Crippen LogP contribution is -2.42. The summed E-state index contributed by atoms with van der Waals surface area (Å²) in [4.78, 5) is 19.4. The molecule has 1 amide bonds. The minimum atomic E-state index is -0.445. The van der Waals surface area contributed by atoms with Crippen molar-refractivity contribution in [1.29, 1.82) is 0 Å². The molecule has 1 aromatic carbocycles. The molecule has 0 aliphatic carbocycles. The van der Waals surface area contributed by atoms with Gasteiger partial charge in [-0.2, -0.15) is 0 Å². The van der Waals surface area contributed by atoms with E-state index in [4.69, 9.17) is 0 Å². The molecule has 1 fully saturated rings. The van der Waals surface area contributed by atoms with E-state index in [1.807, 2.05) is 11.1 Å². The maximum absolute atomic E-state index is 12.8. The molecule has 0 unspecified atom stereocenters. The van der Waals surface area contributed by atoms with Crippen LogP contribution in [-0.4, -0.2) is 29.6 Å². The molecule has 1 spiro atoms. The molecule has 3 heteroatoms. The van der Waals surface area contributed by atoms with Gasteiger partial charge in [0.25, 0.3) is 0 Å². The molecule has 1 atom stereocenters. The Kier molecular flexibility index (Phi) is 2.63. The van der Waals surface area contributed by atoms with Crippen molar-refractivity contribution in [2.75, 3.05) is 6.54 Å². The quantitative estimate of drug-likeness (QED) is 0.771. The molecule has 0 bridgehead atoms. The third-order valence-electron chi connectivity index (χ3n) is 5.01. The molecule has 3 nitrogen and oxygen atoms in total. The first-order valence-electron chi connectivity index (χ1n) is 7.27. The maximum Gasteiger partial charge on any atom is 0.229 e. The van der Waals surface area contributed by atoms with Crippen LogP contribution in [0.4, 0.5) is 5.69 Å². The van der Waals surface area contributed by atoms with Crippen LogP contribution < -0.4 is 0 Å². The largest absolute Gasteiger partial charge is 0.338 e. The molecule has 3 rings (SSSR count). The number of hydrogen-bond donors (Lipinski definition) is 0. The highest BCUT2D eigenvalue weighted by atomic mass is 16.2. The lowest BCUT2D eigenvalue weighted by atomic mass is 9.65. The summed E-state index contributed by atoms with van der Waals surface area (Å²) in [6.45, 7) is 11.1. The average Bonchev–Trinajstić information content (AvgIpc) is 2.83. The smallest absolute Gasteiger partial charge is 0.229 e. The van der Waals surface area contributed by atoms with Crippen molar-refractivity contribution in [3.8, 4) is 0 Å². The van der Waals surface area contributed by atoms with Gasteiger partial charge in [0.1, 0.15) is 0 Å². The van der Waals surface area contributed by atoms with Crippen LogP contribution in [-0.2, 0) is 10.2 Å². The zero-order valence-corrected chi connectivity index (χ0v) is 12.9. The van der Waals surface area contributed by atoms with Gasteiger partial charge in [-0.25, -0.2) is 0 Å². The van der Waals surface area contributed by atoms with Crippen molar-refractivity contribution in [2.45, 2.75) is 46.1 Å². The van der Waals surface area contributed by atoms with Crippen LogP contribution in [0.25, 0.3) is 0 Å². The number of carbonyl (C=O) groups is 1. The summed E-state index contributed by atoms with van der Waals surface area (Å²) in [5, 5.41) is 0. The van der Waals surface area contributed by atoms with Crippen LogP contribution >= 0.6 is 0 Å². The zero-order valence-electron chi connectivity index (χ0n) is 12.9. The number of hydrogen-bond acceptors (Lipinski definition) is 2. The molecule has 2 aliphatic heterocycles. The monoisotopic (exact) mass is 270 g/mol. The third-order valence-corrected chi connectivity index (χ3v) is 5.01. The fourth-order valence-electron chi connectivity index (χ4n) is 3.50. The van der Waals surface area contributed by atoms with E-state index in [2.05, 4.69) is 57.8 Å². The van der Waals surface area contributed by atoms with E-state index in [1.165, 1.54) is 11.1 Å². The highest BCUT2D eigenvalue weighted by molar-refractivity contribution is 5.99. The molecule has 0 N–H and O–H groups in total. The topological polar surface area (TPSA) is 32.7 Å². The van der Waals surface area contributed by atoms with Crippen molar-refractivity contribution in [1.82, 2.24) is 4.90 Å². The Morgan fingerprint density at radius 3 is 2.60 bits per heavy atom. The van der Waals surface area contributed by atoms with Crippen LogP contribution in [0.2, 0.25) is 0 Å². The normalized spacial score (nSPS) is 26.9. The summed E-state index contributed by atoms with van der Waals surface area (Å²) in [6.07, 6.45) is 2.01. The molecule has 20 heavy (non-hydrogen) atoms. The highest BCUT2D eigenvalue weighted by Crippen LogP contribution is 2.53. The summed E-state index contributed by atoms with van der Waals surface area (Å²) in [5.74, 6) is 0.230. The molecule has 2 aliphatic rings. The Bertz CT molecular complexity index is 615. The van der Waals surface area contributed by atoms with E-state index in [0.29, 0.717) is 0 Å². The first-order valence-corrected chi connectivity index (χ1v) is 7.27. The van der Waals surface area contributed by atoms with Gasteiger partial charge in [-0.15, -0.1) is 0 Å². The lowest BCUT2D eigenvalue weighted by Gasteiger charge is -2.33. The first-order chi connectivity index (χ1) is 9.29. The minimum Gasteiger partial charge on any atom is -0.338 e. The Labute approximate surface area is 120 Å². The van der Waals surface area contributed by atoms with E-state index < -0.39 is 5.41 Å². The van der Waals surface area contributed by atoms with Crippen molar-refractivity contribution in [2.24, 2.45) is 10.4 Å². The fraction of sp³-hybridized carbons (Fsp3) is 0.529. The third kappa shape index (κ3) is 1.46. The van der Waals surface area contributed by atoms with E-state index in [0.717, 1.165) is 12.2 Å². The molecule has 0 aromatic heterocycles. The van der Waals surface area contributed by atoms with Crippen LogP contribution in [0.3, 0.4) is 0 Å². The molecule has 2 heterocycles. The van der Waals surface area contributed by atoms with Gasteiger partial charge < -0.3 is 4.90 Å². The summed E-state index contributed by atoms with van der Waals surface area (Å²) in [7, 11) is 0. The molecular weight excluding hydrogens is 248 g/mol. The number of rotatable bonds is 1. The van der Waals surface area contributed by atoms with Crippen molar-refractivity contribution >= 4 is 17.8 Å². The predicted octanol–water partition coefficient (Wildman–Crippen LogP) is 3.23. The fourth-order valence-corrected chi connectivity index (χ4v) is 3.50. The summed E-state index contributed by atoms with van der Waals surface area (Å²) in [6, 6.07) is 6.57. The zero-order chi connectivity index (χ0) is 14.7. The standard InChI is InChI=1S/C17H22N2O/c1-11(2)19-10-17(16(4,5)15(19)20)9-18-14-7-6-12(3)8-13(14)17/h6-9,11H,10H2,1-5H3/t17-/m1/s1. The number of benzene rings is 1. The molecule has 0 saturated carbocycles. The van der Waals surface area contributed by atoms with E-state index >= 15 is 0 Å². The highest BCUT2D eigenvalue weighted by Gasteiger charge is 2.60. The van der Waals surface area contributed by atoms with E-state index in [-0.39, 0.29) is 17.4 Å². The Hall–Kier alpha value is -1.64. The number of fused-ring (bicyclic) bond motifs is 2. The first kappa shape index (κ1) is 13.3. The second kappa shape index (κ2) is 3.94. The molecule has 0 radical (unpaired) electrons. The van der Waals surface area contributed by atoms with E-state index in [9.17, 15) is 4.79 Å². The van der Waals surface area contributed by atoms with Gasteiger partial charge in [-0.3, -0.25) is 9.79 Å². The number of aliphatic imine (C=N–C) groups is 1. The van der Waals surface area contributed by atoms with Gasteiger partial charge >= 0.3 is 0 Å². The second-order valence-corrected chi connectivity index (χ2v) is 6.90. The number of carbonyl (C=O) groups excluding carboxylic acids is 1. The summed E-state index contributed by atoms with van der Waals surface area (Å²) in [5.41, 5.74) is 2.72. The van der Waals surface area contributed by atoms with Crippen LogP contribution in [0.5, 0.6) is 0 Å². The van der Waals surface area contributed by atoms with Crippen LogP contribution in [0.15, 0.2) is 23.2 Å². The minimum absolute atomic E-state index is 0.225. The van der Waals surface area contributed by atoms with Crippen LogP contribution in [0.1, 0.15) is 38.8 Å². The van der Waals surface area contributed by atoms with Crippen molar-refractivity contribution < 1.29 is 4.79 Å². The van der Waals surface area contributed by atoms with Gasteiger partial charge in [0.15, 0.2) is 0 Å². The van der Waals surface area contributed by atoms with Crippen molar-refractivity contribution in [3.63, 3.8) is 0 Å². The number of aryl methyl sites for hydroxylation is 1. The maximum atomic E-state index is 12.8. The van der Waals surface area contributed by atoms with Crippen LogP contribution in [0, 0.1) is 12.3 Å². The molecule has 1 saturated heterocycles. The number of amides is 1. The SMILES string of the molecule is Cc1ccc2c(c1)[C@@]1(C=N2)CN(C(C)C)C(=O)C1(C)C. The number of nitrogens with zero attached hydrogens (tertiary/aromatic N) is 2. The average molecular weight is 270 g/mol. The Morgan fingerprint density at radius 2 is 2.00 bits per heavy atom. The van der Waals surface area contributed by atoms with Gasteiger partial charge in [0.05, 0.1) is 16.5 Å². The van der Waals surface area contributed by atoms with Gasteiger partial charge in [0, 0.05) is 18.8 Å². The van der Waals surface area contributed by atoms with Crippen molar-refractivity contribution in [3.05, 3.63) is 29.3 Å². The summed E-state index contributed by atoms with van der Waals surface area (Å²) < 4.78 is 0. The van der Waals surface area contributed by atoms with E-state index in [1.54, 1.807) is 0 Å². The predicted molar refractivity (Wildman–Crippen MR) is 81.6 cm³/mol. The molecule has 1 aromatic rings. The Morgan fingerprint density at radius 1 is 1.30 bits per heavy atom. The van der Waals surface area contributed by atoms with Gasteiger partial charge in [-0.1, -0.05) is 17.7 Å². The van der Waals surface area contributed by atoms with Gasteiger partial charge in [0.2, 0.25) is 5.91 Å². The number of likely N-dealkylation sites (tertiary alicyclic amines) is 1. The summed E-state index contributed by atoms with van der Waals surface area (Å²) >= 11 is 0. The Balaban J connectivity index is 2.18. The second-order valence-electron chi connectivity index (χ2n) is 6.90.